The van der Waals surface area contributed by atoms with Gasteiger partial charge in [-0.25, -0.2) is 24.9 Å². The van der Waals surface area contributed by atoms with Crippen molar-refractivity contribution in [3.05, 3.63) is 400 Å². The van der Waals surface area contributed by atoms with E-state index in [9.17, 15) is 0 Å². The molecule has 0 aliphatic rings. The molecule has 25 rings (SSSR count). The van der Waals surface area contributed by atoms with Crippen LogP contribution in [0.15, 0.2) is 400 Å². The molecule has 15 aromatic carbocycles. The molecule has 0 amide bonds. The average molecular weight is 1560 g/mol. The minimum Gasteiger partial charge on any atom is -0.294 e. The van der Waals surface area contributed by atoms with E-state index in [2.05, 4.69) is 432 Å². The monoisotopic (exact) mass is 1560 g/mol. The van der Waals surface area contributed by atoms with Crippen LogP contribution >= 0.6 is 11.3 Å². The number of fused-ring (bicyclic) bond motifs is 21. The lowest BCUT2D eigenvalue weighted by molar-refractivity contribution is 0.985. The predicted octanol–water partition coefficient (Wildman–Crippen LogP) is 18.6. The minimum absolute atomic E-state index is 0.734. The van der Waals surface area contributed by atoms with Crippen molar-refractivity contribution in [2.45, 2.75) is 0 Å². The highest BCUT2D eigenvalue weighted by Crippen LogP contribution is 2.40. The van der Waals surface area contributed by atoms with Gasteiger partial charge in [-0.05, 0) is 168 Å². The molecule has 0 atom stereocenters. The number of pyridine rings is 2. The molecule has 0 saturated carbocycles. The SMILES string of the molecule is c1ccc([Si](c2ccccc2)(c2ccccc2)c2cc(-n3c4ccccc4c4ccccc43)nc(-n3c4ccccc4n4c5ccc(-c6ccc7nc8n(-c9cc([Si](c%10ccccc%10)(c%10ccccc%10)c%10cccc%11c%10sc%10ccccc%10%11)cc(-n%10c%11ccccc%11n%11c%12ccccc%12nc%10%11)n9)c9ccccc9n8c7c6)cc5nc34)c2)cc1. The lowest BCUT2D eigenvalue weighted by Crippen LogP contribution is -2.75. The molecular weight excluding hydrogens is 1490 g/mol. The van der Waals surface area contributed by atoms with Crippen LogP contribution in [-0.4, -0.2) is 72.5 Å². The zero-order chi connectivity index (χ0) is 77.3. The molecule has 15 heteroatoms. The molecule has 0 radical (unpaired) electrons. The maximum Gasteiger partial charge on any atom is 0.221 e. The van der Waals surface area contributed by atoms with E-state index in [4.69, 9.17) is 24.9 Å². The van der Waals surface area contributed by atoms with Crippen LogP contribution in [0.2, 0.25) is 0 Å². The Morgan fingerprint density at radius 1 is 0.203 bits per heavy atom. The van der Waals surface area contributed by atoms with E-state index in [1.54, 1.807) is 0 Å². The molecule has 10 heterocycles. The van der Waals surface area contributed by atoms with Crippen molar-refractivity contribution in [3.8, 4) is 34.4 Å². The third kappa shape index (κ3) is 9.47. The molecule has 25 aromatic rings. The van der Waals surface area contributed by atoms with Gasteiger partial charge < -0.3 is 0 Å². The summed E-state index contributed by atoms with van der Waals surface area (Å²) in [5.41, 5.74) is 15.8. The normalized spacial score (nSPS) is 12.4. The lowest BCUT2D eigenvalue weighted by atomic mass is 10.0. The van der Waals surface area contributed by atoms with Crippen molar-refractivity contribution in [2.24, 2.45) is 0 Å². The van der Waals surface area contributed by atoms with Gasteiger partial charge in [0.2, 0.25) is 17.3 Å². The van der Waals surface area contributed by atoms with Gasteiger partial charge in [0, 0.05) is 30.9 Å². The first-order valence-electron chi connectivity index (χ1n) is 40.0. The maximum atomic E-state index is 6.02. The second kappa shape index (κ2) is 25.7. The van der Waals surface area contributed by atoms with E-state index in [1.165, 1.54) is 67.3 Å². The number of hydrogen-bond donors (Lipinski definition) is 0. The van der Waals surface area contributed by atoms with Crippen molar-refractivity contribution in [1.29, 1.82) is 0 Å². The molecule has 0 fully saturated rings. The van der Waals surface area contributed by atoms with Gasteiger partial charge in [0.25, 0.3) is 0 Å². The molecule has 0 unspecified atom stereocenters. The minimum atomic E-state index is -3.45. The molecule has 0 aliphatic carbocycles. The number of thiophene rings is 1. The Bertz CT molecular complexity index is 8220. The largest absolute Gasteiger partial charge is 0.294 e. The zero-order valence-corrected chi connectivity index (χ0v) is 66.2. The summed E-state index contributed by atoms with van der Waals surface area (Å²) >= 11 is 1.89. The fourth-order valence-electron chi connectivity index (χ4n) is 19.7. The lowest BCUT2D eigenvalue weighted by Gasteiger charge is -2.35. The number of para-hydroxylation sites is 10. The Balaban J connectivity index is 0.706. The van der Waals surface area contributed by atoms with Crippen LogP contribution in [0.25, 0.3) is 160 Å². The standard InChI is InChI=1S/C103H66N12SSi2/c1-6-31-69(32-7-1)117(70-33-8-2-9-34-70,71-35-10-3-11-36-71)74-63-96(109-83-46-20-16-41-76(83)77-42-17-21-47-84(77)109)107-97(64-74)115-91-53-27-24-50-88(91)111-86-60-58-67(61-82(86)106-103(111)115)68-57-59-81-93(62-68)112-89-51-25-28-54-92(89)114(102(112)105-81)99-66-75(65-98(108-99)113-90-52-26-23-49-87(90)110-85-48-22-19-45-80(85)104-101(110)113)118(72-37-12-4-13-38-72,73-39-14-5-15-40-73)95-56-30-44-79-78-43-18-29-55-94(78)116-100(79)95/h1-66H. The van der Waals surface area contributed by atoms with Gasteiger partial charge in [-0.2, -0.15) is 0 Å². The molecule has 0 saturated heterocycles. The van der Waals surface area contributed by atoms with E-state index in [1.807, 2.05) is 11.3 Å². The van der Waals surface area contributed by atoms with Crippen molar-refractivity contribution in [3.63, 3.8) is 0 Å². The Morgan fingerprint density at radius 2 is 0.551 bits per heavy atom. The Morgan fingerprint density at radius 3 is 1.05 bits per heavy atom. The van der Waals surface area contributed by atoms with E-state index in [0.717, 1.165) is 134 Å². The van der Waals surface area contributed by atoms with Gasteiger partial charge in [-0.1, -0.05) is 285 Å². The Labute approximate surface area is 680 Å². The van der Waals surface area contributed by atoms with E-state index in [0.29, 0.717) is 0 Å². The first-order chi connectivity index (χ1) is 58.5. The number of imidazole rings is 6. The van der Waals surface area contributed by atoms with Crippen LogP contribution in [0.4, 0.5) is 0 Å². The van der Waals surface area contributed by atoms with E-state index >= 15 is 0 Å². The van der Waals surface area contributed by atoms with Crippen LogP contribution in [-0.2, 0) is 0 Å². The number of hydrogen-bond acceptors (Lipinski definition) is 6. The van der Waals surface area contributed by atoms with E-state index < -0.39 is 16.1 Å². The van der Waals surface area contributed by atoms with Crippen LogP contribution in [0.5, 0.6) is 0 Å². The summed E-state index contributed by atoms with van der Waals surface area (Å²) in [6, 6.07) is 147. The van der Waals surface area contributed by atoms with Crippen LogP contribution in [0.1, 0.15) is 0 Å². The summed E-state index contributed by atoms with van der Waals surface area (Å²) in [5.74, 6) is 5.35. The molecule has 0 spiro atoms. The van der Waals surface area contributed by atoms with Crippen LogP contribution < -0.4 is 41.5 Å². The fraction of sp³-hybridized carbons (Fsp3) is 0. The molecule has 0 bridgehead atoms. The molecule has 0 aliphatic heterocycles. The van der Waals surface area contributed by atoms with Gasteiger partial charge in [-0.15, -0.1) is 11.3 Å². The van der Waals surface area contributed by atoms with Gasteiger partial charge in [0.15, 0.2) is 16.1 Å². The highest BCUT2D eigenvalue weighted by Gasteiger charge is 2.46. The molecule has 10 aromatic heterocycles. The summed E-state index contributed by atoms with van der Waals surface area (Å²) in [7, 11) is -6.65. The topological polar surface area (TPSA) is 97.4 Å². The summed E-state index contributed by atoms with van der Waals surface area (Å²) in [5, 5.41) is 14.8. The van der Waals surface area contributed by atoms with E-state index in [-0.39, 0.29) is 0 Å². The third-order valence-electron chi connectivity index (χ3n) is 24.6. The highest BCUT2D eigenvalue weighted by atomic mass is 32.1. The number of benzene rings is 15. The van der Waals surface area contributed by atoms with Gasteiger partial charge >= 0.3 is 0 Å². The number of rotatable bonds is 13. The molecule has 118 heavy (non-hydrogen) atoms. The number of aromatic nitrogens is 12. The molecular formula is C103H66N12SSi2. The first kappa shape index (κ1) is 66.3. The zero-order valence-electron chi connectivity index (χ0n) is 63.4. The summed E-state index contributed by atoms with van der Waals surface area (Å²) in [4.78, 5) is 29.0. The summed E-state index contributed by atoms with van der Waals surface area (Å²) in [6.07, 6.45) is 0. The Hall–Kier alpha value is -15.1. The molecule has 552 valence electrons. The van der Waals surface area contributed by atoms with Gasteiger partial charge in [0.05, 0.1) is 77.2 Å². The summed E-state index contributed by atoms with van der Waals surface area (Å²) < 4.78 is 18.7. The smallest absolute Gasteiger partial charge is 0.221 e. The van der Waals surface area contributed by atoms with Gasteiger partial charge in [0.1, 0.15) is 23.3 Å². The third-order valence-corrected chi connectivity index (χ3v) is 35.6. The number of nitrogens with zero attached hydrogens (tertiary/aromatic N) is 12. The van der Waals surface area contributed by atoms with Crippen LogP contribution in [0.3, 0.4) is 0 Å². The Kier molecular flexibility index (Phi) is 14.4. The molecule has 12 nitrogen and oxygen atoms in total. The highest BCUT2D eigenvalue weighted by molar-refractivity contribution is 7.30. The van der Waals surface area contributed by atoms with Gasteiger partial charge in [-0.3, -0.25) is 31.5 Å². The predicted molar refractivity (Wildman–Crippen MR) is 491 cm³/mol. The van der Waals surface area contributed by atoms with Crippen molar-refractivity contribution >= 4 is 194 Å². The summed E-state index contributed by atoms with van der Waals surface area (Å²) in [6.45, 7) is 0. The van der Waals surface area contributed by atoms with Crippen molar-refractivity contribution in [1.82, 2.24) is 56.4 Å². The van der Waals surface area contributed by atoms with Crippen molar-refractivity contribution in [2.75, 3.05) is 0 Å². The quantitative estimate of drug-likeness (QED) is 0.0846. The maximum absolute atomic E-state index is 6.02. The second-order valence-corrected chi connectivity index (χ2v) is 39.4. The fourth-order valence-corrected chi connectivity index (χ4v) is 31.0. The second-order valence-electron chi connectivity index (χ2n) is 30.7. The first-order valence-corrected chi connectivity index (χ1v) is 44.8. The van der Waals surface area contributed by atoms with Crippen LogP contribution in [0, 0.1) is 0 Å². The average Bonchev–Trinajstić information content (AvgIpc) is 1.37. The van der Waals surface area contributed by atoms with Crippen molar-refractivity contribution < 1.29 is 0 Å². The molecule has 0 N–H and O–H groups in total.